The van der Waals surface area contributed by atoms with Crippen LogP contribution >= 0.6 is 0 Å². The minimum Gasteiger partial charge on any atom is -0.367 e. The number of nitrogens with one attached hydrogen (secondary N) is 1. The van der Waals surface area contributed by atoms with E-state index in [4.69, 9.17) is 4.74 Å². The average molecular weight is 351 g/mol. The number of hydrogen-bond donors (Lipinski definition) is 1. The number of hydrogen-bond acceptors (Lipinski definition) is 6. The summed E-state index contributed by atoms with van der Waals surface area (Å²) in [6.45, 7) is 2.81. The van der Waals surface area contributed by atoms with Gasteiger partial charge in [-0.2, -0.15) is 0 Å². The first-order valence-electron chi connectivity index (χ1n) is 7.82. The summed E-state index contributed by atoms with van der Waals surface area (Å²) < 4.78 is 34.2. The maximum Gasteiger partial charge on any atom is 0.259 e. The molecule has 0 aliphatic carbocycles. The quantitative estimate of drug-likeness (QED) is 0.866. The van der Waals surface area contributed by atoms with Crippen LogP contribution in [0.1, 0.15) is 37.6 Å². The van der Waals surface area contributed by atoms with Gasteiger partial charge < -0.3 is 9.30 Å². The number of nitrogens with zero attached hydrogens (tertiary/aromatic N) is 4. The molecule has 3 heterocycles. The van der Waals surface area contributed by atoms with Crippen molar-refractivity contribution in [3.63, 3.8) is 0 Å². The molecule has 130 valence electrons. The highest BCUT2D eigenvalue weighted by atomic mass is 32.2. The van der Waals surface area contributed by atoms with Crippen LogP contribution in [0, 0.1) is 0 Å². The van der Waals surface area contributed by atoms with E-state index in [1.54, 1.807) is 24.0 Å². The first kappa shape index (κ1) is 17.0. The molecule has 1 aliphatic heterocycles. The molecule has 24 heavy (non-hydrogen) atoms. The molecule has 1 saturated heterocycles. The number of aromatic nitrogens is 4. The Morgan fingerprint density at radius 3 is 2.62 bits per heavy atom. The number of rotatable bonds is 5. The topological polar surface area (TPSA) is 99.0 Å². The zero-order valence-electron chi connectivity index (χ0n) is 13.8. The number of sulfonamides is 1. The molecule has 0 spiro atoms. The fourth-order valence-corrected chi connectivity index (χ4v) is 3.60. The molecule has 0 amide bonds. The van der Waals surface area contributed by atoms with Gasteiger partial charge in [-0.1, -0.05) is 0 Å². The summed E-state index contributed by atoms with van der Waals surface area (Å²) in [5.74, 6) is 0.638. The minimum atomic E-state index is -3.64. The second-order valence-electron chi connectivity index (χ2n) is 6.15. The van der Waals surface area contributed by atoms with Crippen LogP contribution in [0.15, 0.2) is 29.9 Å². The molecular weight excluding hydrogens is 330 g/mol. The summed E-state index contributed by atoms with van der Waals surface area (Å²) in [6, 6.07) is 0. The van der Waals surface area contributed by atoms with Gasteiger partial charge in [0, 0.05) is 44.4 Å². The molecule has 2 aromatic heterocycles. The van der Waals surface area contributed by atoms with Crippen LogP contribution in [-0.2, 0) is 34.0 Å². The molecule has 0 aromatic carbocycles. The standard InChI is InChI=1S/C15H21N5O3S/c1-15(5-3-4-6-23-15)14-16-7-12(8-17-14)9-19-24(21,22)13-10-20(2)11-18-13/h7-8,10-11,19H,3-6,9H2,1-2H3/t15-/m0/s1. The molecular formula is C15H21N5O3S. The minimum absolute atomic E-state index is 0.00865. The lowest BCUT2D eigenvalue weighted by Crippen LogP contribution is -2.32. The summed E-state index contributed by atoms with van der Waals surface area (Å²) in [5, 5.41) is -0.00865. The van der Waals surface area contributed by atoms with Crippen molar-refractivity contribution in [2.75, 3.05) is 6.61 Å². The predicted molar refractivity (Wildman–Crippen MR) is 86.4 cm³/mol. The van der Waals surface area contributed by atoms with Gasteiger partial charge in [0.05, 0.1) is 6.33 Å². The van der Waals surface area contributed by atoms with Crippen LogP contribution in [0.2, 0.25) is 0 Å². The van der Waals surface area contributed by atoms with Crippen LogP contribution < -0.4 is 4.72 Å². The van der Waals surface area contributed by atoms with Crippen LogP contribution in [0.5, 0.6) is 0 Å². The van der Waals surface area contributed by atoms with Gasteiger partial charge in [0.25, 0.3) is 10.0 Å². The van der Waals surface area contributed by atoms with Crippen molar-refractivity contribution >= 4 is 10.0 Å². The van der Waals surface area contributed by atoms with E-state index in [0.29, 0.717) is 18.0 Å². The maximum absolute atomic E-state index is 12.1. The fourth-order valence-electron chi connectivity index (χ4n) is 2.61. The van der Waals surface area contributed by atoms with Gasteiger partial charge in [-0.3, -0.25) is 0 Å². The monoisotopic (exact) mass is 351 g/mol. The summed E-state index contributed by atoms with van der Waals surface area (Å²) in [4.78, 5) is 12.6. The molecule has 0 bridgehead atoms. The van der Waals surface area contributed by atoms with E-state index in [9.17, 15) is 8.42 Å². The molecule has 0 radical (unpaired) electrons. The Morgan fingerprint density at radius 1 is 1.29 bits per heavy atom. The predicted octanol–water partition coefficient (Wildman–Crippen LogP) is 1.10. The van der Waals surface area contributed by atoms with Gasteiger partial charge in [-0.15, -0.1) is 0 Å². The van der Waals surface area contributed by atoms with E-state index < -0.39 is 15.6 Å². The zero-order chi connectivity index (χ0) is 17.2. The van der Waals surface area contributed by atoms with Crippen LogP contribution in [0.4, 0.5) is 0 Å². The molecule has 8 nitrogen and oxygen atoms in total. The van der Waals surface area contributed by atoms with E-state index >= 15 is 0 Å². The molecule has 1 N–H and O–H groups in total. The molecule has 1 aliphatic rings. The fraction of sp³-hybridized carbons (Fsp3) is 0.533. The van der Waals surface area contributed by atoms with Crippen molar-refractivity contribution in [2.45, 2.75) is 43.4 Å². The molecule has 2 aromatic rings. The molecule has 0 saturated carbocycles. The highest BCUT2D eigenvalue weighted by Gasteiger charge is 2.32. The third kappa shape index (κ3) is 3.63. The van der Waals surface area contributed by atoms with Gasteiger partial charge in [-0.25, -0.2) is 28.1 Å². The van der Waals surface area contributed by atoms with Crippen LogP contribution in [-0.4, -0.2) is 34.5 Å². The zero-order valence-corrected chi connectivity index (χ0v) is 14.6. The lowest BCUT2D eigenvalue weighted by molar-refractivity contribution is -0.0760. The summed E-state index contributed by atoms with van der Waals surface area (Å²) >= 11 is 0. The SMILES string of the molecule is Cn1cnc(S(=O)(=O)NCc2cnc([C@]3(C)CCCCO3)nc2)c1. The Bertz CT molecular complexity index is 795. The van der Waals surface area contributed by atoms with E-state index in [-0.39, 0.29) is 11.6 Å². The van der Waals surface area contributed by atoms with Gasteiger partial charge in [0.15, 0.2) is 10.9 Å². The molecule has 1 fully saturated rings. The number of imidazole rings is 1. The smallest absolute Gasteiger partial charge is 0.259 e. The van der Waals surface area contributed by atoms with Crippen molar-refractivity contribution < 1.29 is 13.2 Å². The third-order valence-electron chi connectivity index (χ3n) is 4.07. The summed E-state index contributed by atoms with van der Waals surface area (Å²) in [5.41, 5.74) is 0.224. The Balaban J connectivity index is 1.66. The average Bonchev–Trinajstić information content (AvgIpc) is 3.02. The van der Waals surface area contributed by atoms with E-state index in [0.717, 1.165) is 19.3 Å². The first-order chi connectivity index (χ1) is 11.4. The maximum atomic E-state index is 12.1. The first-order valence-corrected chi connectivity index (χ1v) is 9.30. The Kier molecular flexibility index (Phi) is 4.66. The van der Waals surface area contributed by atoms with Crippen LogP contribution in [0.25, 0.3) is 0 Å². The van der Waals surface area contributed by atoms with Crippen molar-refractivity contribution in [2.24, 2.45) is 7.05 Å². The second kappa shape index (κ2) is 6.58. The van der Waals surface area contributed by atoms with Crippen molar-refractivity contribution in [1.82, 2.24) is 24.2 Å². The van der Waals surface area contributed by atoms with Crippen molar-refractivity contribution in [3.8, 4) is 0 Å². The normalized spacial score (nSPS) is 21.8. The molecule has 1 atom stereocenters. The highest BCUT2D eigenvalue weighted by Crippen LogP contribution is 2.32. The van der Waals surface area contributed by atoms with Gasteiger partial charge in [0.2, 0.25) is 0 Å². The Labute approximate surface area is 141 Å². The molecule has 0 unspecified atom stereocenters. The third-order valence-corrected chi connectivity index (χ3v) is 5.36. The van der Waals surface area contributed by atoms with E-state index in [2.05, 4.69) is 19.7 Å². The van der Waals surface area contributed by atoms with Gasteiger partial charge in [-0.05, 0) is 26.2 Å². The largest absolute Gasteiger partial charge is 0.367 e. The number of aryl methyl sites for hydroxylation is 1. The molecule has 9 heteroatoms. The Hall–Kier alpha value is -1.84. The van der Waals surface area contributed by atoms with Gasteiger partial charge in [0.1, 0.15) is 5.60 Å². The summed E-state index contributed by atoms with van der Waals surface area (Å²) in [6.07, 6.45) is 9.19. The molecule has 3 rings (SSSR count). The van der Waals surface area contributed by atoms with E-state index in [1.807, 2.05) is 6.92 Å². The summed E-state index contributed by atoms with van der Waals surface area (Å²) in [7, 11) is -1.93. The lowest BCUT2D eigenvalue weighted by atomic mass is 9.95. The van der Waals surface area contributed by atoms with E-state index in [1.165, 1.54) is 12.5 Å². The number of ether oxygens (including phenoxy) is 1. The van der Waals surface area contributed by atoms with Crippen LogP contribution in [0.3, 0.4) is 0 Å². The highest BCUT2D eigenvalue weighted by molar-refractivity contribution is 7.89. The van der Waals surface area contributed by atoms with Crippen molar-refractivity contribution in [3.05, 3.63) is 36.3 Å². The van der Waals surface area contributed by atoms with Crippen molar-refractivity contribution in [1.29, 1.82) is 0 Å². The second-order valence-corrected chi connectivity index (χ2v) is 7.87. The van der Waals surface area contributed by atoms with Gasteiger partial charge >= 0.3 is 0 Å². The Morgan fingerprint density at radius 2 is 2.04 bits per heavy atom. The lowest BCUT2D eigenvalue weighted by Gasteiger charge is -2.32.